The van der Waals surface area contributed by atoms with Crippen LogP contribution in [-0.2, 0) is 13.0 Å². The van der Waals surface area contributed by atoms with Gasteiger partial charge < -0.3 is 15.6 Å². The van der Waals surface area contributed by atoms with E-state index in [9.17, 15) is 4.79 Å². The van der Waals surface area contributed by atoms with E-state index in [4.69, 9.17) is 0 Å². The number of aromatic amines is 1. The van der Waals surface area contributed by atoms with Gasteiger partial charge in [-0.25, -0.2) is 9.97 Å². The number of nitrogens with zero attached hydrogens (tertiary/aromatic N) is 2. The molecule has 1 amide bonds. The van der Waals surface area contributed by atoms with Crippen molar-refractivity contribution in [1.82, 2.24) is 20.3 Å². The fraction of sp³-hybridized carbons (Fsp3) is 0.308. The van der Waals surface area contributed by atoms with Crippen molar-refractivity contribution in [3.8, 4) is 0 Å². The molecule has 2 aromatic rings. The molecule has 0 unspecified atom stereocenters. The Morgan fingerprint density at radius 3 is 2.89 bits per heavy atom. The van der Waals surface area contributed by atoms with Gasteiger partial charge in [0.15, 0.2) is 0 Å². The molecule has 0 aliphatic rings. The number of carbonyl (C=O) groups excluding carboxylic acids is 1. The molecule has 19 heavy (non-hydrogen) atoms. The Morgan fingerprint density at radius 2 is 2.26 bits per heavy atom. The Bertz CT molecular complexity index is 528. The summed E-state index contributed by atoms with van der Waals surface area (Å²) in [6.45, 7) is 2.39. The number of rotatable bonds is 5. The highest BCUT2D eigenvalue weighted by molar-refractivity contribution is 5.94. The van der Waals surface area contributed by atoms with Crippen molar-refractivity contribution in [1.29, 1.82) is 0 Å². The van der Waals surface area contributed by atoms with E-state index in [1.54, 1.807) is 31.6 Å². The van der Waals surface area contributed by atoms with Crippen molar-refractivity contribution in [2.75, 3.05) is 12.4 Å². The summed E-state index contributed by atoms with van der Waals surface area (Å²) in [7, 11) is 1.78. The molecule has 0 saturated heterocycles. The van der Waals surface area contributed by atoms with Crippen molar-refractivity contribution >= 4 is 11.7 Å². The first-order valence-corrected chi connectivity index (χ1v) is 6.18. The molecule has 3 N–H and O–H groups in total. The summed E-state index contributed by atoms with van der Waals surface area (Å²) in [5.74, 6) is 1.29. The van der Waals surface area contributed by atoms with E-state index in [1.807, 2.05) is 6.92 Å². The molecular formula is C13H17N5O. The molecule has 0 bridgehead atoms. The lowest BCUT2D eigenvalue weighted by Gasteiger charge is -2.08. The number of imidazole rings is 1. The monoisotopic (exact) mass is 259 g/mol. The van der Waals surface area contributed by atoms with Gasteiger partial charge in [0, 0.05) is 30.7 Å². The molecule has 2 rings (SSSR count). The second-order valence-corrected chi connectivity index (χ2v) is 4.05. The maximum atomic E-state index is 12.1. The van der Waals surface area contributed by atoms with E-state index in [0.29, 0.717) is 17.9 Å². The van der Waals surface area contributed by atoms with Crippen molar-refractivity contribution in [2.45, 2.75) is 19.9 Å². The summed E-state index contributed by atoms with van der Waals surface area (Å²) in [5, 5.41) is 5.77. The Morgan fingerprint density at radius 1 is 1.42 bits per heavy atom. The summed E-state index contributed by atoms with van der Waals surface area (Å²) in [6.07, 6.45) is 4.17. The van der Waals surface area contributed by atoms with Crippen LogP contribution in [0, 0.1) is 0 Å². The van der Waals surface area contributed by atoms with Gasteiger partial charge in [0.2, 0.25) is 0 Å². The molecule has 0 aromatic carbocycles. The van der Waals surface area contributed by atoms with Crippen LogP contribution in [0.1, 0.15) is 28.8 Å². The lowest BCUT2D eigenvalue weighted by Crippen LogP contribution is -2.23. The highest BCUT2D eigenvalue weighted by Crippen LogP contribution is 2.11. The minimum atomic E-state index is -0.134. The molecule has 0 fully saturated rings. The minimum absolute atomic E-state index is 0.134. The molecule has 2 heterocycles. The number of pyridine rings is 1. The van der Waals surface area contributed by atoms with E-state index in [-0.39, 0.29) is 5.91 Å². The van der Waals surface area contributed by atoms with Gasteiger partial charge in [-0.3, -0.25) is 4.79 Å². The van der Waals surface area contributed by atoms with E-state index < -0.39 is 0 Å². The molecule has 0 aliphatic carbocycles. The molecular weight excluding hydrogens is 242 g/mol. The van der Waals surface area contributed by atoms with Gasteiger partial charge in [-0.05, 0) is 18.6 Å². The number of nitrogens with one attached hydrogen (secondary N) is 3. The Balaban J connectivity index is 2.09. The van der Waals surface area contributed by atoms with Crippen LogP contribution in [0.4, 0.5) is 5.82 Å². The average molecular weight is 259 g/mol. The van der Waals surface area contributed by atoms with E-state index in [0.717, 1.165) is 17.9 Å². The van der Waals surface area contributed by atoms with Crippen LogP contribution in [0.15, 0.2) is 24.5 Å². The summed E-state index contributed by atoms with van der Waals surface area (Å²) < 4.78 is 0. The predicted molar refractivity (Wildman–Crippen MR) is 72.9 cm³/mol. The lowest BCUT2D eigenvalue weighted by molar-refractivity contribution is 0.0950. The lowest BCUT2D eigenvalue weighted by atomic mass is 10.2. The Hall–Kier alpha value is -2.37. The number of H-pyrrole nitrogens is 1. The first-order chi connectivity index (χ1) is 9.22. The maximum absolute atomic E-state index is 12.1. The van der Waals surface area contributed by atoms with Gasteiger partial charge in [-0.15, -0.1) is 0 Å². The molecule has 0 atom stereocenters. The van der Waals surface area contributed by atoms with Gasteiger partial charge in [0.1, 0.15) is 11.6 Å². The molecule has 6 heteroatoms. The summed E-state index contributed by atoms with van der Waals surface area (Å²) in [6, 6.07) is 3.54. The largest absolute Gasteiger partial charge is 0.373 e. The van der Waals surface area contributed by atoms with E-state index in [1.165, 1.54) is 0 Å². The van der Waals surface area contributed by atoms with Gasteiger partial charge in [0.25, 0.3) is 5.91 Å². The summed E-state index contributed by atoms with van der Waals surface area (Å²) in [4.78, 5) is 23.4. The zero-order valence-electron chi connectivity index (χ0n) is 11.0. The smallest absolute Gasteiger partial charge is 0.251 e. The Labute approximate surface area is 111 Å². The minimum Gasteiger partial charge on any atom is -0.373 e. The highest BCUT2D eigenvalue weighted by Gasteiger charge is 2.09. The van der Waals surface area contributed by atoms with Gasteiger partial charge in [-0.2, -0.15) is 0 Å². The molecule has 0 saturated carbocycles. The number of carbonyl (C=O) groups is 1. The van der Waals surface area contributed by atoms with Crippen molar-refractivity contribution in [3.05, 3.63) is 41.6 Å². The molecule has 100 valence electrons. The fourth-order valence-corrected chi connectivity index (χ4v) is 1.69. The van der Waals surface area contributed by atoms with Crippen LogP contribution in [0.2, 0.25) is 0 Å². The first-order valence-electron chi connectivity index (χ1n) is 6.18. The van der Waals surface area contributed by atoms with Gasteiger partial charge >= 0.3 is 0 Å². The fourth-order valence-electron chi connectivity index (χ4n) is 1.69. The number of aryl methyl sites for hydroxylation is 1. The van der Waals surface area contributed by atoms with Crippen molar-refractivity contribution < 1.29 is 4.79 Å². The second-order valence-electron chi connectivity index (χ2n) is 4.05. The summed E-state index contributed by atoms with van der Waals surface area (Å²) in [5.41, 5.74) is 1.48. The van der Waals surface area contributed by atoms with Crippen molar-refractivity contribution in [3.63, 3.8) is 0 Å². The predicted octanol–water partition coefficient (Wildman–Crippen LogP) is 1.34. The quantitative estimate of drug-likeness (QED) is 0.756. The maximum Gasteiger partial charge on any atom is 0.251 e. The highest BCUT2D eigenvalue weighted by atomic mass is 16.1. The third-order valence-corrected chi connectivity index (χ3v) is 2.73. The molecule has 0 radical (unpaired) electrons. The molecule has 0 spiro atoms. The van der Waals surface area contributed by atoms with Crippen LogP contribution in [0.25, 0.3) is 0 Å². The normalized spacial score (nSPS) is 10.2. The zero-order valence-corrected chi connectivity index (χ0v) is 11.0. The van der Waals surface area contributed by atoms with Gasteiger partial charge in [0.05, 0.1) is 6.54 Å². The topological polar surface area (TPSA) is 82.7 Å². The number of anilines is 1. The van der Waals surface area contributed by atoms with E-state index in [2.05, 4.69) is 25.6 Å². The SMILES string of the molecule is CCc1cc(C(=O)NCc2ncc[nH]2)cc(NC)n1. The summed E-state index contributed by atoms with van der Waals surface area (Å²) >= 11 is 0. The van der Waals surface area contributed by atoms with Crippen molar-refractivity contribution in [2.24, 2.45) is 0 Å². The van der Waals surface area contributed by atoms with Crippen LogP contribution in [0.3, 0.4) is 0 Å². The number of aromatic nitrogens is 3. The first kappa shape index (κ1) is 13.1. The molecule has 6 nitrogen and oxygen atoms in total. The Kier molecular flexibility index (Phi) is 4.12. The van der Waals surface area contributed by atoms with Gasteiger partial charge in [-0.1, -0.05) is 6.92 Å². The second kappa shape index (κ2) is 5.99. The number of hydrogen-bond donors (Lipinski definition) is 3. The standard InChI is InChI=1S/C13H17N5O/c1-3-10-6-9(7-11(14-2)18-10)13(19)17-8-12-15-4-5-16-12/h4-7H,3,8H2,1-2H3,(H,14,18)(H,15,16)(H,17,19). The van der Waals surface area contributed by atoms with Crippen LogP contribution in [-0.4, -0.2) is 27.9 Å². The third-order valence-electron chi connectivity index (χ3n) is 2.73. The van der Waals surface area contributed by atoms with Crippen LogP contribution in [0.5, 0.6) is 0 Å². The zero-order chi connectivity index (χ0) is 13.7. The number of hydrogen-bond acceptors (Lipinski definition) is 4. The molecule has 0 aliphatic heterocycles. The average Bonchev–Trinajstić information content (AvgIpc) is 2.97. The molecule has 2 aromatic heterocycles. The van der Waals surface area contributed by atoms with Crippen LogP contribution < -0.4 is 10.6 Å². The third kappa shape index (κ3) is 3.31. The van der Waals surface area contributed by atoms with Crippen LogP contribution >= 0.6 is 0 Å². The van der Waals surface area contributed by atoms with E-state index >= 15 is 0 Å². The number of amides is 1.